The summed E-state index contributed by atoms with van der Waals surface area (Å²) in [7, 11) is 0. The number of H-pyrrole nitrogens is 1. The first-order valence-electron chi connectivity index (χ1n) is 8.43. The van der Waals surface area contributed by atoms with Crippen molar-refractivity contribution in [3.05, 3.63) is 72.4 Å². The summed E-state index contributed by atoms with van der Waals surface area (Å²) < 4.78 is 2.14. The molecule has 8 nitrogen and oxygen atoms in total. The number of aryl methyl sites for hydroxylation is 2. The maximum absolute atomic E-state index is 9.21. The molecule has 0 aliphatic carbocycles. The third kappa shape index (κ3) is 3.67. The SMILES string of the molecule is N#CC(=CNc1ccc2c(c1)ncn2CCc1ccccc1)c1nn[nH]n1. The first-order valence-corrected chi connectivity index (χ1v) is 8.43. The Morgan fingerprint density at radius 1 is 1.22 bits per heavy atom. The van der Waals surface area contributed by atoms with Gasteiger partial charge in [0, 0.05) is 18.4 Å². The highest BCUT2D eigenvalue weighted by Gasteiger charge is 2.07. The highest BCUT2D eigenvalue weighted by Crippen LogP contribution is 2.19. The van der Waals surface area contributed by atoms with Crippen LogP contribution in [0.5, 0.6) is 0 Å². The van der Waals surface area contributed by atoms with Crippen LogP contribution in [0.25, 0.3) is 16.6 Å². The average molecular weight is 356 g/mol. The molecule has 0 aliphatic rings. The van der Waals surface area contributed by atoms with Crippen LogP contribution in [0.3, 0.4) is 0 Å². The first-order chi connectivity index (χ1) is 13.3. The van der Waals surface area contributed by atoms with Crippen LogP contribution >= 0.6 is 0 Å². The minimum absolute atomic E-state index is 0.247. The van der Waals surface area contributed by atoms with Gasteiger partial charge in [0.05, 0.1) is 17.4 Å². The lowest BCUT2D eigenvalue weighted by molar-refractivity contribution is 0.716. The molecule has 27 heavy (non-hydrogen) atoms. The first kappa shape index (κ1) is 16.5. The van der Waals surface area contributed by atoms with E-state index in [0.29, 0.717) is 0 Å². The zero-order chi connectivity index (χ0) is 18.5. The lowest BCUT2D eigenvalue weighted by Crippen LogP contribution is -1.99. The topological polar surface area (TPSA) is 108 Å². The van der Waals surface area contributed by atoms with Gasteiger partial charge in [-0.3, -0.25) is 0 Å². The minimum Gasteiger partial charge on any atom is -0.360 e. The minimum atomic E-state index is 0.247. The molecular weight excluding hydrogens is 340 g/mol. The molecule has 0 bridgehead atoms. The number of nitriles is 1. The number of imidazole rings is 1. The predicted molar refractivity (Wildman–Crippen MR) is 101 cm³/mol. The second kappa shape index (κ2) is 7.49. The van der Waals surface area contributed by atoms with Gasteiger partial charge in [-0.15, -0.1) is 10.2 Å². The molecule has 0 atom stereocenters. The van der Waals surface area contributed by atoms with Crippen molar-refractivity contribution < 1.29 is 0 Å². The van der Waals surface area contributed by atoms with Gasteiger partial charge in [0.2, 0.25) is 5.82 Å². The molecular formula is C19H16N8. The summed E-state index contributed by atoms with van der Waals surface area (Å²) in [5, 5.41) is 25.7. The zero-order valence-corrected chi connectivity index (χ0v) is 14.4. The third-order valence-electron chi connectivity index (χ3n) is 4.20. The number of nitrogens with one attached hydrogen (secondary N) is 2. The van der Waals surface area contributed by atoms with Gasteiger partial charge in [0.15, 0.2) is 0 Å². The molecule has 0 amide bonds. The number of aromatic nitrogens is 6. The van der Waals surface area contributed by atoms with Gasteiger partial charge in [-0.1, -0.05) is 30.3 Å². The molecule has 132 valence electrons. The van der Waals surface area contributed by atoms with Gasteiger partial charge in [0.25, 0.3) is 0 Å². The van der Waals surface area contributed by atoms with E-state index in [1.165, 1.54) is 5.56 Å². The number of fused-ring (bicyclic) bond motifs is 1. The molecule has 0 saturated heterocycles. The molecule has 2 heterocycles. The molecule has 0 radical (unpaired) electrons. The molecule has 0 spiro atoms. The van der Waals surface area contributed by atoms with E-state index in [2.05, 4.69) is 59.8 Å². The Morgan fingerprint density at radius 2 is 2.11 bits per heavy atom. The van der Waals surface area contributed by atoms with Crippen molar-refractivity contribution >= 4 is 22.3 Å². The number of allylic oxidation sites excluding steroid dienone is 1. The number of anilines is 1. The van der Waals surface area contributed by atoms with Crippen LogP contribution in [-0.2, 0) is 13.0 Å². The lowest BCUT2D eigenvalue weighted by atomic mass is 10.1. The Morgan fingerprint density at radius 3 is 2.89 bits per heavy atom. The second-order valence-electron chi connectivity index (χ2n) is 5.93. The number of aromatic amines is 1. The van der Waals surface area contributed by atoms with E-state index in [-0.39, 0.29) is 11.4 Å². The molecule has 0 aliphatic heterocycles. The molecule has 2 aromatic heterocycles. The van der Waals surface area contributed by atoms with Crippen LogP contribution in [0.15, 0.2) is 61.1 Å². The summed E-state index contributed by atoms with van der Waals surface area (Å²) in [5.41, 5.74) is 4.37. The van der Waals surface area contributed by atoms with E-state index in [4.69, 9.17) is 0 Å². The Hall–Kier alpha value is -3.99. The standard InChI is InChI=1S/C19H16N8/c20-11-15(19-23-25-26-24-19)12-21-16-6-7-18-17(10-16)22-13-27(18)9-8-14-4-2-1-3-5-14/h1-7,10,12-13,21H,8-9H2,(H,23,24,25,26). The van der Waals surface area contributed by atoms with Crippen molar-refractivity contribution in [2.24, 2.45) is 0 Å². The highest BCUT2D eigenvalue weighted by molar-refractivity contribution is 5.81. The summed E-state index contributed by atoms with van der Waals surface area (Å²) in [4.78, 5) is 4.49. The summed E-state index contributed by atoms with van der Waals surface area (Å²) in [5.74, 6) is 0.247. The Kier molecular flexibility index (Phi) is 4.57. The number of hydrogen-bond acceptors (Lipinski definition) is 6. The van der Waals surface area contributed by atoms with Crippen molar-refractivity contribution in [2.45, 2.75) is 13.0 Å². The fourth-order valence-corrected chi connectivity index (χ4v) is 2.80. The van der Waals surface area contributed by atoms with E-state index in [9.17, 15) is 5.26 Å². The number of benzene rings is 2. The smallest absolute Gasteiger partial charge is 0.216 e. The van der Waals surface area contributed by atoms with Crippen LogP contribution in [0, 0.1) is 11.3 Å². The van der Waals surface area contributed by atoms with Gasteiger partial charge < -0.3 is 9.88 Å². The van der Waals surface area contributed by atoms with E-state index in [0.717, 1.165) is 29.7 Å². The van der Waals surface area contributed by atoms with Crippen molar-refractivity contribution in [2.75, 3.05) is 5.32 Å². The summed E-state index contributed by atoms with van der Waals surface area (Å²) in [6, 6.07) is 18.3. The normalized spacial score (nSPS) is 11.4. The van der Waals surface area contributed by atoms with Gasteiger partial charge in [-0.2, -0.15) is 10.5 Å². The monoisotopic (exact) mass is 356 g/mol. The van der Waals surface area contributed by atoms with Crippen LogP contribution in [0.2, 0.25) is 0 Å². The fourth-order valence-electron chi connectivity index (χ4n) is 2.80. The van der Waals surface area contributed by atoms with Gasteiger partial charge in [-0.05, 0) is 35.4 Å². The number of tetrazole rings is 1. The number of nitrogens with zero attached hydrogens (tertiary/aromatic N) is 6. The van der Waals surface area contributed by atoms with Crippen molar-refractivity contribution in [1.29, 1.82) is 5.26 Å². The highest BCUT2D eigenvalue weighted by atomic mass is 15.5. The quantitative estimate of drug-likeness (QED) is 0.514. The summed E-state index contributed by atoms with van der Waals surface area (Å²) >= 11 is 0. The predicted octanol–water partition coefficient (Wildman–Crippen LogP) is 2.77. The van der Waals surface area contributed by atoms with Crippen LogP contribution in [0.1, 0.15) is 11.4 Å². The molecule has 2 aromatic carbocycles. The van der Waals surface area contributed by atoms with Crippen molar-refractivity contribution in [3.63, 3.8) is 0 Å². The zero-order valence-electron chi connectivity index (χ0n) is 14.4. The lowest BCUT2D eigenvalue weighted by Gasteiger charge is -2.06. The number of hydrogen-bond donors (Lipinski definition) is 2. The Balaban J connectivity index is 1.49. The molecule has 4 rings (SSSR count). The van der Waals surface area contributed by atoms with Crippen molar-refractivity contribution in [3.8, 4) is 6.07 Å². The van der Waals surface area contributed by atoms with E-state index in [1.807, 2.05) is 36.7 Å². The van der Waals surface area contributed by atoms with Crippen molar-refractivity contribution in [1.82, 2.24) is 30.2 Å². The Bertz CT molecular complexity index is 1100. The van der Waals surface area contributed by atoms with E-state index < -0.39 is 0 Å². The molecule has 0 saturated carbocycles. The maximum Gasteiger partial charge on any atom is 0.216 e. The molecule has 0 unspecified atom stereocenters. The number of rotatable bonds is 6. The van der Waals surface area contributed by atoms with E-state index >= 15 is 0 Å². The second-order valence-corrected chi connectivity index (χ2v) is 5.93. The van der Waals surface area contributed by atoms with Gasteiger partial charge >= 0.3 is 0 Å². The largest absolute Gasteiger partial charge is 0.360 e. The van der Waals surface area contributed by atoms with Crippen LogP contribution in [-0.4, -0.2) is 30.2 Å². The van der Waals surface area contributed by atoms with E-state index in [1.54, 1.807) is 6.20 Å². The Labute approximate surface area is 155 Å². The average Bonchev–Trinajstić information content (AvgIpc) is 3.38. The molecule has 2 N–H and O–H groups in total. The van der Waals surface area contributed by atoms with Crippen LogP contribution < -0.4 is 5.32 Å². The summed E-state index contributed by atoms with van der Waals surface area (Å²) in [6.45, 7) is 0.865. The molecule has 0 fully saturated rings. The maximum atomic E-state index is 9.21. The fraction of sp³-hybridized carbons (Fsp3) is 0.105. The van der Waals surface area contributed by atoms with Gasteiger partial charge in [0.1, 0.15) is 11.6 Å². The molecule has 4 aromatic rings. The summed E-state index contributed by atoms with van der Waals surface area (Å²) in [6.07, 6.45) is 4.36. The third-order valence-corrected chi connectivity index (χ3v) is 4.20. The van der Waals surface area contributed by atoms with Crippen LogP contribution in [0.4, 0.5) is 5.69 Å². The van der Waals surface area contributed by atoms with Gasteiger partial charge in [-0.25, -0.2) is 4.98 Å². The molecule has 8 heteroatoms.